The average Bonchev–Trinajstić information content (AvgIpc) is 3.44. The first-order chi connectivity index (χ1) is 26.8. The number of amides is 2. The van der Waals surface area contributed by atoms with E-state index in [0.29, 0.717) is 22.3 Å². The predicted octanol–water partition coefficient (Wildman–Crippen LogP) is 6.96. The van der Waals surface area contributed by atoms with Crippen LogP contribution in [0, 0.1) is 43.9 Å². The van der Waals surface area contributed by atoms with Gasteiger partial charge in [0, 0.05) is 48.7 Å². The highest BCUT2D eigenvalue weighted by Gasteiger charge is 2.66. The monoisotopic (exact) mass is 772 g/mol. The lowest BCUT2D eigenvalue weighted by molar-refractivity contribution is -0.392. The molecule has 1 aliphatic heterocycles. The molecule has 1 saturated heterocycles. The van der Waals surface area contributed by atoms with Crippen LogP contribution in [0.5, 0.6) is 5.75 Å². The highest BCUT2D eigenvalue weighted by atomic mass is 35.5. The minimum absolute atomic E-state index is 0.0183. The Morgan fingerprint density at radius 1 is 0.839 bits per heavy atom. The van der Waals surface area contributed by atoms with Crippen molar-refractivity contribution in [3.8, 4) is 5.75 Å². The molecule has 4 aliphatic rings. The van der Waals surface area contributed by atoms with Crippen LogP contribution in [0.2, 0.25) is 5.02 Å². The van der Waals surface area contributed by atoms with Crippen LogP contribution in [0.1, 0.15) is 35.4 Å². The molecule has 13 nitrogen and oxygen atoms in total. The molecule has 0 radical (unpaired) electrons. The van der Waals surface area contributed by atoms with E-state index >= 15 is 9.59 Å². The summed E-state index contributed by atoms with van der Waals surface area (Å²) in [7, 11) is 2.82. The number of fused-ring (bicyclic) bond motifs is 4. The summed E-state index contributed by atoms with van der Waals surface area (Å²) in [6.45, 7) is 0. The molecule has 6 unspecified atom stereocenters. The SMILES string of the molecule is CN(C)c1c([N+](=O)[O-])cc(N2C(=O)C3CC=C4C(CC5C(=O)C(c6ccccc6)=CC(=O)C5(c5ccccc5)C4c4ccc(O)cc4Cl)C3C2=O)cc1[N+](=O)[O-]. The van der Waals surface area contributed by atoms with E-state index in [1.807, 2.05) is 6.08 Å². The lowest BCUT2D eigenvalue weighted by Gasteiger charge is -2.55. The molecule has 0 bridgehead atoms. The van der Waals surface area contributed by atoms with E-state index in [4.69, 9.17) is 11.6 Å². The van der Waals surface area contributed by atoms with Gasteiger partial charge in [0.25, 0.3) is 0 Å². The standard InChI is InChI=1S/C42H33ClN4O9/c1-44(2)38-33(46(53)54)17-24(18-34(38)47(55)56)45-40(51)28-16-15-26-30(36(28)41(45)52)20-31-39(50)29(22-9-5-3-6-10-22)21-35(49)42(31,23-11-7-4-8-12-23)37(26)27-14-13-25(48)19-32(27)43/h3-15,17-19,21,28,30-31,36-37,48H,16,20H2,1-2H3. The Bertz CT molecular complexity index is 2430. The summed E-state index contributed by atoms with van der Waals surface area (Å²) < 4.78 is 0. The van der Waals surface area contributed by atoms with Crippen molar-refractivity contribution in [3.63, 3.8) is 0 Å². The number of carbonyl (C=O) groups is 4. The lowest BCUT2D eigenvalue weighted by atomic mass is 9.44. The van der Waals surface area contributed by atoms with E-state index in [1.54, 1.807) is 66.7 Å². The fourth-order valence-electron chi connectivity index (χ4n) is 9.68. The molecule has 4 aromatic rings. The van der Waals surface area contributed by atoms with Gasteiger partial charge >= 0.3 is 11.4 Å². The zero-order valence-corrected chi connectivity index (χ0v) is 30.8. The van der Waals surface area contributed by atoms with Crippen LogP contribution < -0.4 is 9.80 Å². The molecule has 0 spiro atoms. The maximum Gasteiger partial charge on any atom is 0.301 e. The number of aromatic hydroxyl groups is 1. The first-order valence-electron chi connectivity index (χ1n) is 17.9. The molecular formula is C42H33ClN4O9. The highest BCUT2D eigenvalue weighted by molar-refractivity contribution is 6.33. The number of phenols is 1. The molecule has 3 aliphatic carbocycles. The number of halogens is 1. The van der Waals surface area contributed by atoms with Crippen molar-refractivity contribution in [2.24, 2.45) is 23.7 Å². The number of nitro groups is 2. The molecule has 56 heavy (non-hydrogen) atoms. The van der Waals surface area contributed by atoms with Crippen LogP contribution >= 0.6 is 11.6 Å². The number of hydrogen-bond acceptors (Lipinski definition) is 10. The Labute approximate surface area is 324 Å². The van der Waals surface area contributed by atoms with E-state index in [-0.39, 0.29) is 52.1 Å². The molecule has 1 heterocycles. The van der Waals surface area contributed by atoms with Crippen LogP contribution in [0.15, 0.2) is 109 Å². The van der Waals surface area contributed by atoms with Crippen molar-refractivity contribution in [2.75, 3.05) is 23.9 Å². The first-order valence-corrected chi connectivity index (χ1v) is 18.3. The van der Waals surface area contributed by atoms with Crippen LogP contribution in [0.4, 0.5) is 22.7 Å². The molecular weight excluding hydrogens is 740 g/mol. The van der Waals surface area contributed by atoms with Gasteiger partial charge in [0.2, 0.25) is 11.8 Å². The number of anilines is 2. The van der Waals surface area contributed by atoms with Gasteiger partial charge in [-0.1, -0.05) is 90.0 Å². The number of phenolic OH excluding ortho intramolecular Hbond substituents is 1. The number of ketones is 2. The van der Waals surface area contributed by atoms with Crippen molar-refractivity contribution in [1.82, 2.24) is 0 Å². The summed E-state index contributed by atoms with van der Waals surface area (Å²) in [4.78, 5) is 84.2. The van der Waals surface area contributed by atoms with Gasteiger partial charge in [0.05, 0.1) is 32.8 Å². The Hall–Kier alpha value is -6.47. The van der Waals surface area contributed by atoms with E-state index in [2.05, 4.69) is 0 Å². The maximum absolute atomic E-state index is 15.2. The zero-order chi connectivity index (χ0) is 39.8. The highest BCUT2D eigenvalue weighted by Crippen LogP contribution is 2.64. The Balaban J connectivity index is 1.34. The van der Waals surface area contributed by atoms with Crippen molar-refractivity contribution >= 4 is 63.3 Å². The molecule has 2 amide bonds. The maximum atomic E-state index is 15.2. The number of hydrogen-bond donors (Lipinski definition) is 1. The molecule has 2 fully saturated rings. The second kappa shape index (κ2) is 13.4. The Morgan fingerprint density at radius 2 is 1.46 bits per heavy atom. The van der Waals surface area contributed by atoms with Crippen LogP contribution in [-0.4, -0.2) is 52.4 Å². The molecule has 1 saturated carbocycles. The molecule has 4 aromatic carbocycles. The normalized spacial score (nSPS) is 25.5. The number of Topliss-reactive ketones (excluding diaryl/α,β-unsaturated/α-hetero) is 1. The summed E-state index contributed by atoms with van der Waals surface area (Å²) in [5.74, 6) is -7.08. The van der Waals surface area contributed by atoms with Gasteiger partial charge in [-0.25, -0.2) is 4.90 Å². The molecule has 282 valence electrons. The topological polar surface area (TPSA) is 181 Å². The molecule has 1 N–H and O–H groups in total. The van der Waals surface area contributed by atoms with Crippen LogP contribution in [-0.2, 0) is 24.6 Å². The van der Waals surface area contributed by atoms with Gasteiger partial charge in [-0.3, -0.25) is 39.4 Å². The summed E-state index contributed by atoms with van der Waals surface area (Å²) >= 11 is 6.92. The summed E-state index contributed by atoms with van der Waals surface area (Å²) in [6.07, 6.45) is 3.23. The van der Waals surface area contributed by atoms with E-state index in [0.717, 1.165) is 17.0 Å². The van der Waals surface area contributed by atoms with Gasteiger partial charge in [-0.15, -0.1) is 0 Å². The quantitative estimate of drug-likeness (QED) is 0.0893. The third kappa shape index (κ3) is 5.29. The Morgan fingerprint density at radius 3 is 2.05 bits per heavy atom. The summed E-state index contributed by atoms with van der Waals surface area (Å²) in [5, 5.41) is 35.0. The molecule has 8 rings (SSSR count). The van der Waals surface area contributed by atoms with Crippen molar-refractivity contribution < 1.29 is 34.1 Å². The minimum Gasteiger partial charge on any atom is -0.508 e. The van der Waals surface area contributed by atoms with E-state index < -0.39 is 68.0 Å². The van der Waals surface area contributed by atoms with Crippen LogP contribution in [0.25, 0.3) is 5.57 Å². The van der Waals surface area contributed by atoms with E-state index in [1.165, 1.54) is 37.2 Å². The number of imide groups is 1. The van der Waals surface area contributed by atoms with Gasteiger partial charge in [0.1, 0.15) is 5.75 Å². The molecule has 6 atom stereocenters. The zero-order valence-electron chi connectivity index (χ0n) is 30.0. The van der Waals surface area contributed by atoms with Crippen LogP contribution in [0.3, 0.4) is 0 Å². The van der Waals surface area contributed by atoms with Crippen molar-refractivity contribution in [1.29, 1.82) is 0 Å². The van der Waals surface area contributed by atoms with Crippen molar-refractivity contribution in [2.45, 2.75) is 24.2 Å². The second-order valence-corrected chi connectivity index (χ2v) is 15.2. The average molecular weight is 773 g/mol. The first kappa shape index (κ1) is 36.5. The van der Waals surface area contributed by atoms with E-state index in [9.17, 15) is 34.9 Å². The summed E-state index contributed by atoms with van der Waals surface area (Å²) in [6, 6.07) is 24.1. The number of rotatable bonds is 7. The van der Waals surface area contributed by atoms with Gasteiger partial charge in [-0.2, -0.15) is 0 Å². The fraction of sp³-hybridized carbons (Fsp3) is 0.238. The Kier molecular flexibility index (Phi) is 8.72. The second-order valence-electron chi connectivity index (χ2n) is 14.7. The number of carbonyl (C=O) groups excluding carboxylic acids is 4. The lowest BCUT2D eigenvalue weighted by Crippen LogP contribution is -2.58. The number of nitrogens with zero attached hydrogens (tertiary/aromatic N) is 4. The van der Waals surface area contributed by atoms with Gasteiger partial charge < -0.3 is 10.0 Å². The fourth-order valence-corrected chi connectivity index (χ4v) is 9.96. The third-order valence-electron chi connectivity index (χ3n) is 11.8. The number of nitro benzene ring substituents is 2. The van der Waals surface area contributed by atoms with Crippen molar-refractivity contribution in [3.05, 3.63) is 151 Å². The number of allylic oxidation sites excluding steroid dienone is 4. The summed E-state index contributed by atoms with van der Waals surface area (Å²) in [5.41, 5.74) is -1.14. The smallest absolute Gasteiger partial charge is 0.301 e. The number of benzene rings is 4. The van der Waals surface area contributed by atoms with Gasteiger partial charge in [0.15, 0.2) is 17.3 Å². The van der Waals surface area contributed by atoms with Gasteiger partial charge in [-0.05, 0) is 53.7 Å². The predicted molar refractivity (Wildman–Crippen MR) is 206 cm³/mol. The molecule has 0 aromatic heterocycles. The molecule has 14 heteroatoms. The largest absolute Gasteiger partial charge is 0.508 e. The third-order valence-corrected chi connectivity index (χ3v) is 12.2. The minimum atomic E-state index is -1.55.